The van der Waals surface area contributed by atoms with Crippen molar-refractivity contribution in [1.82, 2.24) is 9.97 Å². The van der Waals surface area contributed by atoms with Crippen LogP contribution in [0.15, 0.2) is 18.2 Å². The molecule has 0 aliphatic carbocycles. The zero-order valence-corrected chi connectivity index (χ0v) is 8.24. The van der Waals surface area contributed by atoms with Gasteiger partial charge < -0.3 is 15.8 Å². The SMILES string of the molecule is CC(O)C(N)c1nc2ccc(F)cc2[nH]1. The van der Waals surface area contributed by atoms with Crippen molar-refractivity contribution in [2.45, 2.75) is 19.1 Å². The number of aromatic nitrogens is 2. The molecule has 2 unspecified atom stereocenters. The highest BCUT2D eigenvalue weighted by Gasteiger charge is 2.16. The lowest BCUT2D eigenvalue weighted by atomic mass is 10.2. The van der Waals surface area contributed by atoms with Gasteiger partial charge in [0.05, 0.1) is 23.2 Å². The molecule has 0 fully saturated rings. The molecule has 1 heterocycles. The monoisotopic (exact) mass is 209 g/mol. The molecule has 0 radical (unpaired) electrons. The first-order valence-electron chi connectivity index (χ1n) is 4.67. The summed E-state index contributed by atoms with van der Waals surface area (Å²) in [7, 11) is 0. The zero-order valence-electron chi connectivity index (χ0n) is 8.24. The van der Waals surface area contributed by atoms with Crippen molar-refractivity contribution in [3.63, 3.8) is 0 Å². The summed E-state index contributed by atoms with van der Waals surface area (Å²) in [6.07, 6.45) is -0.699. The van der Waals surface area contributed by atoms with Crippen LogP contribution in [0.1, 0.15) is 18.8 Å². The molecule has 0 spiro atoms. The smallest absolute Gasteiger partial charge is 0.126 e. The number of aromatic amines is 1. The van der Waals surface area contributed by atoms with Gasteiger partial charge in [-0.3, -0.25) is 0 Å². The lowest BCUT2D eigenvalue weighted by molar-refractivity contribution is 0.161. The lowest BCUT2D eigenvalue weighted by Gasteiger charge is -2.10. The second kappa shape index (κ2) is 3.60. The molecule has 5 heteroatoms. The van der Waals surface area contributed by atoms with Gasteiger partial charge in [0.25, 0.3) is 0 Å². The van der Waals surface area contributed by atoms with Gasteiger partial charge in [-0.25, -0.2) is 9.37 Å². The van der Waals surface area contributed by atoms with Crippen LogP contribution >= 0.6 is 0 Å². The number of rotatable bonds is 2. The van der Waals surface area contributed by atoms with E-state index in [4.69, 9.17) is 5.73 Å². The molecule has 0 amide bonds. The molecular weight excluding hydrogens is 197 g/mol. The first kappa shape index (κ1) is 10.1. The van der Waals surface area contributed by atoms with E-state index in [1.165, 1.54) is 12.1 Å². The summed E-state index contributed by atoms with van der Waals surface area (Å²) < 4.78 is 12.9. The largest absolute Gasteiger partial charge is 0.391 e. The third-order valence-electron chi connectivity index (χ3n) is 2.30. The van der Waals surface area contributed by atoms with Crippen LogP contribution in [0.3, 0.4) is 0 Å². The molecule has 4 N–H and O–H groups in total. The van der Waals surface area contributed by atoms with Gasteiger partial charge in [0.1, 0.15) is 11.6 Å². The summed E-state index contributed by atoms with van der Waals surface area (Å²) >= 11 is 0. The zero-order chi connectivity index (χ0) is 11.0. The topological polar surface area (TPSA) is 74.9 Å². The van der Waals surface area contributed by atoms with Crippen molar-refractivity contribution in [3.8, 4) is 0 Å². The molecule has 2 atom stereocenters. The minimum atomic E-state index is -0.699. The highest BCUT2D eigenvalue weighted by atomic mass is 19.1. The summed E-state index contributed by atoms with van der Waals surface area (Å²) in [5.74, 6) is 0.133. The Balaban J connectivity index is 2.47. The van der Waals surface area contributed by atoms with Gasteiger partial charge in [0, 0.05) is 0 Å². The maximum Gasteiger partial charge on any atom is 0.126 e. The van der Waals surface area contributed by atoms with Crippen LogP contribution in [0.4, 0.5) is 4.39 Å². The fourth-order valence-corrected chi connectivity index (χ4v) is 1.39. The van der Waals surface area contributed by atoms with Crippen molar-refractivity contribution in [2.75, 3.05) is 0 Å². The summed E-state index contributed by atoms with van der Waals surface area (Å²) in [6, 6.07) is 3.67. The van der Waals surface area contributed by atoms with Crippen LogP contribution in [-0.2, 0) is 0 Å². The Morgan fingerprint density at radius 1 is 1.53 bits per heavy atom. The number of aliphatic hydroxyl groups is 1. The molecule has 15 heavy (non-hydrogen) atoms. The highest BCUT2D eigenvalue weighted by molar-refractivity contribution is 5.75. The minimum absolute atomic E-state index is 0.330. The molecule has 80 valence electrons. The van der Waals surface area contributed by atoms with E-state index in [0.29, 0.717) is 16.9 Å². The van der Waals surface area contributed by atoms with Crippen LogP contribution in [0.5, 0.6) is 0 Å². The van der Waals surface area contributed by atoms with E-state index in [1.54, 1.807) is 13.0 Å². The Bertz CT molecular complexity index is 480. The second-order valence-electron chi connectivity index (χ2n) is 3.55. The van der Waals surface area contributed by atoms with Crippen molar-refractivity contribution < 1.29 is 9.50 Å². The first-order chi connectivity index (χ1) is 7.08. The second-order valence-corrected chi connectivity index (χ2v) is 3.55. The van der Waals surface area contributed by atoms with E-state index in [1.807, 2.05) is 0 Å². The summed E-state index contributed by atoms with van der Waals surface area (Å²) in [5.41, 5.74) is 6.93. The predicted molar refractivity (Wildman–Crippen MR) is 54.7 cm³/mol. The summed E-state index contributed by atoms with van der Waals surface area (Å²) in [4.78, 5) is 7.05. The Hall–Kier alpha value is -1.46. The van der Waals surface area contributed by atoms with Crippen molar-refractivity contribution in [3.05, 3.63) is 29.8 Å². The number of H-pyrrole nitrogens is 1. The number of nitrogens with zero attached hydrogens (tertiary/aromatic N) is 1. The molecule has 4 nitrogen and oxygen atoms in total. The minimum Gasteiger partial charge on any atom is -0.391 e. The number of imidazole rings is 1. The molecule has 0 bridgehead atoms. The molecule has 0 saturated heterocycles. The van der Waals surface area contributed by atoms with Crippen LogP contribution in [0.2, 0.25) is 0 Å². The van der Waals surface area contributed by atoms with E-state index in [9.17, 15) is 9.50 Å². The third-order valence-corrected chi connectivity index (χ3v) is 2.30. The number of hydrogen-bond donors (Lipinski definition) is 3. The van der Waals surface area contributed by atoms with Crippen LogP contribution in [0.25, 0.3) is 11.0 Å². The first-order valence-corrected chi connectivity index (χ1v) is 4.67. The maximum absolute atomic E-state index is 12.9. The molecule has 0 aliphatic heterocycles. The van der Waals surface area contributed by atoms with Crippen LogP contribution in [-0.4, -0.2) is 21.2 Å². The molecule has 2 aromatic rings. The summed E-state index contributed by atoms with van der Waals surface area (Å²) in [6.45, 7) is 1.58. The van der Waals surface area contributed by atoms with E-state index in [2.05, 4.69) is 9.97 Å². The number of aliphatic hydroxyl groups excluding tert-OH is 1. The number of fused-ring (bicyclic) bond motifs is 1. The summed E-state index contributed by atoms with van der Waals surface area (Å²) in [5, 5.41) is 9.29. The number of nitrogens with one attached hydrogen (secondary N) is 1. The van der Waals surface area contributed by atoms with Gasteiger partial charge in [0.2, 0.25) is 0 Å². The third kappa shape index (κ3) is 1.84. The van der Waals surface area contributed by atoms with E-state index < -0.39 is 12.1 Å². The quantitative estimate of drug-likeness (QED) is 0.692. The van der Waals surface area contributed by atoms with Gasteiger partial charge in [-0.15, -0.1) is 0 Å². The van der Waals surface area contributed by atoms with Crippen molar-refractivity contribution in [2.24, 2.45) is 5.73 Å². The van der Waals surface area contributed by atoms with Crippen LogP contribution < -0.4 is 5.73 Å². The number of halogens is 1. The Morgan fingerprint density at radius 3 is 2.93 bits per heavy atom. The highest BCUT2D eigenvalue weighted by Crippen LogP contribution is 2.17. The normalized spacial score (nSPS) is 15.5. The van der Waals surface area contributed by atoms with Gasteiger partial charge in [-0.1, -0.05) is 0 Å². The predicted octanol–water partition coefficient (Wildman–Crippen LogP) is 1.08. The lowest BCUT2D eigenvalue weighted by Crippen LogP contribution is -2.24. The van der Waals surface area contributed by atoms with Gasteiger partial charge >= 0.3 is 0 Å². The molecule has 1 aromatic carbocycles. The van der Waals surface area contributed by atoms with E-state index in [-0.39, 0.29) is 5.82 Å². The average molecular weight is 209 g/mol. The Kier molecular flexibility index (Phi) is 2.42. The number of benzene rings is 1. The molecular formula is C10H12FN3O. The Morgan fingerprint density at radius 2 is 2.27 bits per heavy atom. The van der Waals surface area contributed by atoms with E-state index >= 15 is 0 Å². The fraction of sp³-hybridized carbons (Fsp3) is 0.300. The Labute approximate surface area is 85.9 Å². The van der Waals surface area contributed by atoms with Gasteiger partial charge in [-0.05, 0) is 25.1 Å². The molecule has 2 rings (SSSR count). The molecule has 0 aliphatic rings. The molecule has 1 aromatic heterocycles. The van der Waals surface area contributed by atoms with Crippen LogP contribution in [0, 0.1) is 5.82 Å². The van der Waals surface area contributed by atoms with Crippen molar-refractivity contribution in [1.29, 1.82) is 0 Å². The van der Waals surface area contributed by atoms with Crippen molar-refractivity contribution >= 4 is 11.0 Å². The fourth-order valence-electron chi connectivity index (χ4n) is 1.39. The standard InChI is InChI=1S/C10H12FN3O/c1-5(15)9(12)10-13-7-3-2-6(11)4-8(7)14-10/h2-5,9,15H,12H2,1H3,(H,13,14). The maximum atomic E-state index is 12.9. The number of hydrogen-bond acceptors (Lipinski definition) is 3. The van der Waals surface area contributed by atoms with E-state index in [0.717, 1.165) is 0 Å². The molecule has 0 saturated carbocycles. The van der Waals surface area contributed by atoms with Gasteiger partial charge in [0.15, 0.2) is 0 Å². The average Bonchev–Trinajstić information content (AvgIpc) is 2.58. The number of nitrogens with two attached hydrogens (primary N) is 1. The van der Waals surface area contributed by atoms with Gasteiger partial charge in [-0.2, -0.15) is 0 Å².